The Hall–Kier alpha value is -3.92. The van der Waals surface area contributed by atoms with E-state index in [0.29, 0.717) is 37.2 Å². The van der Waals surface area contributed by atoms with Gasteiger partial charge in [-0.15, -0.1) is 0 Å². The predicted molar refractivity (Wildman–Crippen MR) is 163 cm³/mol. The van der Waals surface area contributed by atoms with Crippen molar-refractivity contribution >= 4 is 11.9 Å². The minimum atomic E-state index is -1.41. The number of rotatable bonds is 12. The van der Waals surface area contributed by atoms with Crippen molar-refractivity contribution < 1.29 is 27.9 Å². The molecule has 7 nitrogen and oxygen atoms in total. The maximum atomic E-state index is 15.4. The third-order valence-electron chi connectivity index (χ3n) is 8.24. The molecule has 4 rings (SSSR count). The summed E-state index contributed by atoms with van der Waals surface area (Å²) in [6.45, 7) is 10.6. The van der Waals surface area contributed by atoms with Crippen LogP contribution >= 0.6 is 0 Å². The second-order valence-corrected chi connectivity index (χ2v) is 12.3. The van der Waals surface area contributed by atoms with Crippen molar-refractivity contribution in [1.82, 2.24) is 14.8 Å². The normalized spacial score (nSPS) is 15.2. The van der Waals surface area contributed by atoms with E-state index in [4.69, 9.17) is 0 Å². The number of nitrogens with zero attached hydrogens (tertiary/aromatic N) is 2. The molecular formula is C34H40F3N3O4. The molecular weight excluding hydrogens is 571 g/mol. The second-order valence-electron chi connectivity index (χ2n) is 12.3. The van der Waals surface area contributed by atoms with Gasteiger partial charge in [-0.3, -0.25) is 19.3 Å². The fraction of sp³-hybridized carbons (Fsp3) is 0.441. The van der Waals surface area contributed by atoms with Gasteiger partial charge in [-0.25, -0.2) is 13.2 Å². The van der Waals surface area contributed by atoms with Crippen LogP contribution in [0.5, 0.6) is 0 Å². The van der Waals surface area contributed by atoms with Crippen LogP contribution < -0.4 is 10.9 Å². The van der Waals surface area contributed by atoms with E-state index in [1.165, 1.54) is 16.7 Å². The zero-order valence-corrected chi connectivity index (χ0v) is 25.8. The topological polar surface area (TPSA) is 91.6 Å². The van der Waals surface area contributed by atoms with Crippen molar-refractivity contribution in [2.45, 2.75) is 72.1 Å². The van der Waals surface area contributed by atoms with Crippen LogP contribution in [0, 0.1) is 38.3 Å². The number of hydrogen-bond acceptors (Lipinski definition) is 4. The first kappa shape index (κ1) is 33.0. The monoisotopic (exact) mass is 611 g/mol. The standard InChI is InChI=1S/C34H40F3N3O4/c1-19(2)11-29(40-16-23(22(5)12-30(40)41)9-10-39-17-25(35)18-39)34(44)38-28(15-31(42)43)26-13-24(14-27(36)33(26)37)32-20(3)7-6-8-21(32)4/h6-8,12-14,16,19,25,28-29H,9-11,15,17-18H2,1-5H3,(H,38,44)(H,42,43)/t28-,29-/m0/s1. The molecule has 0 radical (unpaired) electrons. The van der Waals surface area contributed by atoms with Gasteiger partial charge < -0.3 is 15.0 Å². The van der Waals surface area contributed by atoms with Gasteiger partial charge >= 0.3 is 5.97 Å². The van der Waals surface area contributed by atoms with E-state index in [1.807, 2.05) is 50.8 Å². The van der Waals surface area contributed by atoms with E-state index in [-0.39, 0.29) is 17.9 Å². The van der Waals surface area contributed by atoms with Crippen LogP contribution in [0.1, 0.15) is 66.6 Å². The van der Waals surface area contributed by atoms with E-state index < -0.39 is 53.7 Å². The lowest BCUT2D eigenvalue weighted by Crippen LogP contribution is -2.49. The minimum Gasteiger partial charge on any atom is -0.481 e. The molecule has 2 heterocycles. The Balaban J connectivity index is 1.71. The number of pyridine rings is 1. The summed E-state index contributed by atoms with van der Waals surface area (Å²) in [6.07, 6.45) is 0.884. The minimum absolute atomic E-state index is 0.0376. The van der Waals surface area contributed by atoms with Gasteiger partial charge in [0, 0.05) is 37.5 Å². The molecule has 3 aromatic rings. The highest BCUT2D eigenvalue weighted by Crippen LogP contribution is 2.33. The fourth-order valence-corrected chi connectivity index (χ4v) is 5.91. The molecule has 44 heavy (non-hydrogen) atoms. The van der Waals surface area contributed by atoms with Crippen LogP contribution in [0.4, 0.5) is 13.2 Å². The lowest BCUT2D eigenvalue weighted by molar-refractivity contribution is -0.138. The Morgan fingerprint density at radius 2 is 1.70 bits per heavy atom. The highest BCUT2D eigenvalue weighted by molar-refractivity contribution is 5.82. The maximum absolute atomic E-state index is 15.4. The number of hydrogen-bond donors (Lipinski definition) is 2. The average Bonchev–Trinajstić information content (AvgIpc) is 2.91. The van der Waals surface area contributed by atoms with Crippen LogP contribution in [-0.4, -0.2) is 52.3 Å². The summed E-state index contributed by atoms with van der Waals surface area (Å²) < 4.78 is 45.0. The number of halogens is 3. The van der Waals surface area contributed by atoms with Gasteiger partial charge in [0.15, 0.2) is 11.6 Å². The Labute approximate surface area is 255 Å². The zero-order valence-electron chi connectivity index (χ0n) is 25.8. The molecule has 1 aliphatic rings. The van der Waals surface area contributed by atoms with Crippen LogP contribution in [0.3, 0.4) is 0 Å². The molecule has 0 aliphatic carbocycles. The van der Waals surface area contributed by atoms with Crippen molar-refractivity contribution in [3.05, 3.63) is 92.4 Å². The fourth-order valence-electron chi connectivity index (χ4n) is 5.91. The Morgan fingerprint density at radius 3 is 2.30 bits per heavy atom. The van der Waals surface area contributed by atoms with Crippen LogP contribution in [0.25, 0.3) is 11.1 Å². The number of carboxylic acids is 1. The number of carboxylic acid groups (broad SMARTS) is 1. The summed E-state index contributed by atoms with van der Waals surface area (Å²) in [5, 5.41) is 12.3. The Morgan fingerprint density at radius 1 is 1.05 bits per heavy atom. The average molecular weight is 612 g/mol. The smallest absolute Gasteiger partial charge is 0.305 e. The Bertz CT molecular complexity index is 1580. The van der Waals surface area contributed by atoms with E-state index in [2.05, 4.69) is 5.32 Å². The van der Waals surface area contributed by atoms with Crippen molar-refractivity contribution in [1.29, 1.82) is 0 Å². The third kappa shape index (κ3) is 7.59. The van der Waals surface area contributed by atoms with E-state index in [9.17, 15) is 23.9 Å². The lowest BCUT2D eigenvalue weighted by atomic mass is 9.92. The van der Waals surface area contributed by atoms with E-state index in [0.717, 1.165) is 28.3 Å². The van der Waals surface area contributed by atoms with Crippen molar-refractivity contribution in [2.75, 3.05) is 19.6 Å². The molecule has 1 amide bonds. The third-order valence-corrected chi connectivity index (χ3v) is 8.24. The molecule has 2 atom stereocenters. The highest BCUT2D eigenvalue weighted by atomic mass is 19.2. The number of carbonyl (C=O) groups excluding carboxylic acids is 1. The molecule has 0 unspecified atom stereocenters. The summed E-state index contributed by atoms with van der Waals surface area (Å²) in [5.74, 6) is -4.44. The first-order valence-corrected chi connectivity index (χ1v) is 14.9. The summed E-state index contributed by atoms with van der Waals surface area (Å²) in [5.41, 5.74) is 3.56. The predicted octanol–water partition coefficient (Wildman–Crippen LogP) is 5.83. The van der Waals surface area contributed by atoms with E-state index in [1.54, 1.807) is 13.1 Å². The number of aliphatic carboxylic acids is 1. The van der Waals surface area contributed by atoms with Gasteiger partial charge in [-0.2, -0.15) is 0 Å². The Kier molecular flexibility index (Phi) is 10.3. The molecule has 0 spiro atoms. The molecule has 1 saturated heterocycles. The maximum Gasteiger partial charge on any atom is 0.305 e. The highest BCUT2D eigenvalue weighted by Gasteiger charge is 2.30. The SMILES string of the molecule is Cc1cc(=O)n([C@@H](CC(C)C)C(=O)N[C@@H](CC(=O)O)c2cc(-c3c(C)cccc3C)cc(F)c2F)cc1CCN1CC(F)C1. The van der Waals surface area contributed by atoms with E-state index >= 15 is 8.78 Å². The molecule has 10 heteroatoms. The van der Waals surface area contributed by atoms with Gasteiger partial charge in [0.1, 0.15) is 12.2 Å². The van der Waals surface area contributed by atoms with Gasteiger partial charge in [0.25, 0.3) is 5.56 Å². The summed E-state index contributed by atoms with van der Waals surface area (Å²) in [6, 6.07) is 6.98. The largest absolute Gasteiger partial charge is 0.481 e. The number of aromatic nitrogens is 1. The first-order chi connectivity index (χ1) is 20.7. The van der Waals surface area contributed by atoms with Crippen molar-refractivity contribution in [2.24, 2.45) is 5.92 Å². The summed E-state index contributed by atoms with van der Waals surface area (Å²) in [7, 11) is 0. The number of carbonyl (C=O) groups is 2. The molecule has 2 N–H and O–H groups in total. The summed E-state index contributed by atoms with van der Waals surface area (Å²) in [4.78, 5) is 40.9. The van der Waals surface area contributed by atoms with Crippen LogP contribution in [0.2, 0.25) is 0 Å². The second kappa shape index (κ2) is 13.8. The molecule has 1 aromatic heterocycles. The number of benzene rings is 2. The van der Waals surface area contributed by atoms with Crippen molar-refractivity contribution in [3.8, 4) is 11.1 Å². The zero-order chi connectivity index (χ0) is 32.3. The molecule has 0 saturated carbocycles. The van der Waals surface area contributed by atoms with Crippen molar-refractivity contribution in [3.63, 3.8) is 0 Å². The van der Waals surface area contributed by atoms with Gasteiger partial charge in [-0.1, -0.05) is 32.0 Å². The van der Waals surface area contributed by atoms with Crippen LogP contribution in [0.15, 0.2) is 47.4 Å². The number of amides is 1. The molecule has 1 aliphatic heterocycles. The number of likely N-dealkylation sites (tertiary alicyclic amines) is 1. The lowest BCUT2D eigenvalue weighted by Gasteiger charge is -2.34. The number of aryl methyl sites for hydroxylation is 3. The number of alkyl halides is 1. The quantitative estimate of drug-likeness (QED) is 0.269. The number of nitrogens with one attached hydrogen (secondary N) is 1. The summed E-state index contributed by atoms with van der Waals surface area (Å²) >= 11 is 0. The van der Waals surface area contributed by atoms with Gasteiger partial charge in [0.2, 0.25) is 5.91 Å². The van der Waals surface area contributed by atoms with Gasteiger partial charge in [-0.05, 0) is 85.0 Å². The first-order valence-electron chi connectivity index (χ1n) is 14.9. The van der Waals surface area contributed by atoms with Crippen LogP contribution in [-0.2, 0) is 16.0 Å². The molecule has 0 bridgehead atoms. The molecule has 236 valence electrons. The van der Waals surface area contributed by atoms with Gasteiger partial charge in [0.05, 0.1) is 12.5 Å². The molecule has 1 fully saturated rings. The molecule has 2 aromatic carbocycles.